The van der Waals surface area contributed by atoms with Crippen molar-refractivity contribution in [1.29, 1.82) is 0 Å². The highest BCUT2D eigenvalue weighted by Gasteiger charge is 2.39. The van der Waals surface area contributed by atoms with E-state index in [2.05, 4.69) is 0 Å². The summed E-state index contributed by atoms with van der Waals surface area (Å²) in [7, 11) is 0. The first kappa shape index (κ1) is 9.44. The Balaban J connectivity index is 1.92. The van der Waals surface area contributed by atoms with E-state index >= 15 is 0 Å². The highest BCUT2D eigenvalue weighted by atomic mass is 16.5. The summed E-state index contributed by atoms with van der Waals surface area (Å²) in [5.41, 5.74) is 0. The molecule has 1 saturated carbocycles. The molecule has 0 amide bonds. The first-order valence-electron chi connectivity index (χ1n) is 5.27. The lowest BCUT2D eigenvalue weighted by atomic mass is 9.83. The molecule has 2 N–H and O–H groups in total. The minimum absolute atomic E-state index is 0.102. The van der Waals surface area contributed by atoms with Crippen molar-refractivity contribution < 1.29 is 14.9 Å². The maximum atomic E-state index is 9.63. The van der Waals surface area contributed by atoms with Gasteiger partial charge in [-0.25, -0.2) is 0 Å². The molecule has 0 aromatic rings. The fourth-order valence-electron chi connectivity index (χ4n) is 2.50. The minimum atomic E-state index is -0.660. The van der Waals surface area contributed by atoms with Crippen molar-refractivity contribution in [1.82, 2.24) is 0 Å². The second-order valence-corrected chi connectivity index (χ2v) is 4.25. The molecule has 3 unspecified atom stereocenters. The maximum absolute atomic E-state index is 9.63. The van der Waals surface area contributed by atoms with Crippen molar-refractivity contribution in [2.24, 2.45) is 5.92 Å². The van der Waals surface area contributed by atoms with Gasteiger partial charge in [0.25, 0.3) is 0 Å². The Labute approximate surface area is 78.7 Å². The van der Waals surface area contributed by atoms with Crippen molar-refractivity contribution in [3.8, 4) is 0 Å². The van der Waals surface area contributed by atoms with Crippen molar-refractivity contribution in [3.63, 3.8) is 0 Å². The highest BCUT2D eigenvalue weighted by Crippen LogP contribution is 2.32. The van der Waals surface area contributed by atoms with Gasteiger partial charge in [0, 0.05) is 0 Å². The SMILES string of the molecule is OC1COC(C2CCCCC2)C1O. The van der Waals surface area contributed by atoms with Crippen LogP contribution in [-0.4, -0.2) is 35.1 Å². The van der Waals surface area contributed by atoms with E-state index in [0.717, 1.165) is 12.8 Å². The molecule has 13 heavy (non-hydrogen) atoms. The lowest BCUT2D eigenvalue weighted by Crippen LogP contribution is -2.36. The average molecular weight is 186 g/mol. The standard InChI is InChI=1S/C10H18O3/c11-8-6-13-10(9(8)12)7-4-2-1-3-5-7/h7-12H,1-6H2. The van der Waals surface area contributed by atoms with Gasteiger partial charge in [-0.2, -0.15) is 0 Å². The van der Waals surface area contributed by atoms with Crippen LogP contribution in [-0.2, 0) is 4.74 Å². The number of aliphatic hydroxyl groups excluding tert-OH is 2. The smallest absolute Gasteiger partial charge is 0.108 e. The van der Waals surface area contributed by atoms with E-state index in [1.807, 2.05) is 0 Å². The number of hydrogen-bond donors (Lipinski definition) is 2. The summed E-state index contributed by atoms with van der Waals surface area (Å²) >= 11 is 0. The van der Waals surface area contributed by atoms with Crippen LogP contribution < -0.4 is 0 Å². The fraction of sp³-hybridized carbons (Fsp3) is 1.00. The van der Waals surface area contributed by atoms with Crippen LogP contribution in [0.25, 0.3) is 0 Å². The van der Waals surface area contributed by atoms with Crippen LogP contribution in [0, 0.1) is 5.92 Å². The lowest BCUT2D eigenvalue weighted by Gasteiger charge is -2.28. The zero-order chi connectivity index (χ0) is 9.26. The molecule has 0 aromatic carbocycles. The molecule has 2 rings (SSSR count). The second-order valence-electron chi connectivity index (χ2n) is 4.25. The highest BCUT2D eigenvalue weighted by molar-refractivity contribution is 4.88. The Morgan fingerprint density at radius 1 is 1.00 bits per heavy atom. The van der Waals surface area contributed by atoms with Crippen LogP contribution >= 0.6 is 0 Å². The Morgan fingerprint density at radius 2 is 1.69 bits per heavy atom. The molecule has 1 aliphatic heterocycles. The zero-order valence-corrected chi connectivity index (χ0v) is 7.85. The van der Waals surface area contributed by atoms with Crippen LogP contribution in [0.4, 0.5) is 0 Å². The van der Waals surface area contributed by atoms with Crippen LogP contribution in [0.1, 0.15) is 32.1 Å². The van der Waals surface area contributed by atoms with Gasteiger partial charge in [0.1, 0.15) is 12.2 Å². The largest absolute Gasteiger partial charge is 0.388 e. The van der Waals surface area contributed by atoms with Crippen molar-refractivity contribution in [3.05, 3.63) is 0 Å². The van der Waals surface area contributed by atoms with Crippen molar-refractivity contribution in [2.75, 3.05) is 6.61 Å². The molecule has 3 atom stereocenters. The summed E-state index contributed by atoms with van der Waals surface area (Å²) in [5, 5.41) is 19.0. The molecule has 0 radical (unpaired) electrons. The van der Waals surface area contributed by atoms with E-state index in [-0.39, 0.29) is 6.10 Å². The predicted octanol–water partition coefficient (Wildman–Crippen LogP) is 0.687. The van der Waals surface area contributed by atoms with Crippen LogP contribution in [0.5, 0.6) is 0 Å². The zero-order valence-electron chi connectivity index (χ0n) is 7.85. The molecule has 0 bridgehead atoms. The molecule has 1 aliphatic carbocycles. The topological polar surface area (TPSA) is 49.7 Å². The van der Waals surface area contributed by atoms with E-state index in [4.69, 9.17) is 4.74 Å². The van der Waals surface area contributed by atoms with Gasteiger partial charge in [0.05, 0.1) is 12.7 Å². The molecule has 76 valence electrons. The Hall–Kier alpha value is -0.120. The molecular weight excluding hydrogens is 168 g/mol. The van der Waals surface area contributed by atoms with Gasteiger partial charge in [-0.15, -0.1) is 0 Å². The van der Waals surface area contributed by atoms with Gasteiger partial charge in [-0.1, -0.05) is 19.3 Å². The maximum Gasteiger partial charge on any atom is 0.108 e. The predicted molar refractivity (Wildman–Crippen MR) is 48.3 cm³/mol. The normalized spacial score (nSPS) is 42.5. The van der Waals surface area contributed by atoms with E-state index in [0.29, 0.717) is 12.5 Å². The number of ether oxygens (including phenoxy) is 1. The monoisotopic (exact) mass is 186 g/mol. The fourth-order valence-corrected chi connectivity index (χ4v) is 2.50. The second kappa shape index (κ2) is 3.95. The van der Waals surface area contributed by atoms with Crippen molar-refractivity contribution in [2.45, 2.75) is 50.4 Å². The Bertz CT molecular complexity index is 166. The van der Waals surface area contributed by atoms with E-state index in [1.165, 1.54) is 19.3 Å². The molecule has 0 spiro atoms. The quantitative estimate of drug-likeness (QED) is 0.633. The van der Waals surface area contributed by atoms with Crippen molar-refractivity contribution >= 4 is 0 Å². The molecule has 0 aromatic heterocycles. The number of hydrogen-bond acceptors (Lipinski definition) is 3. The summed E-state index contributed by atoms with van der Waals surface area (Å²) in [6.45, 7) is 0.308. The van der Waals surface area contributed by atoms with Gasteiger partial charge < -0.3 is 14.9 Å². The summed E-state index contributed by atoms with van der Waals surface area (Å²) in [5.74, 6) is 0.473. The Kier molecular flexibility index (Phi) is 2.86. The molecule has 1 saturated heterocycles. The third-order valence-electron chi connectivity index (χ3n) is 3.30. The summed E-state index contributed by atoms with van der Waals surface area (Å²) in [4.78, 5) is 0. The summed E-state index contributed by atoms with van der Waals surface area (Å²) < 4.78 is 5.42. The van der Waals surface area contributed by atoms with E-state index < -0.39 is 12.2 Å². The van der Waals surface area contributed by atoms with Crippen LogP contribution in [0.2, 0.25) is 0 Å². The molecule has 3 nitrogen and oxygen atoms in total. The molecule has 2 aliphatic rings. The van der Waals surface area contributed by atoms with Gasteiger partial charge in [0.2, 0.25) is 0 Å². The third-order valence-corrected chi connectivity index (χ3v) is 3.30. The molecule has 1 heterocycles. The van der Waals surface area contributed by atoms with Gasteiger partial charge in [-0.05, 0) is 18.8 Å². The third kappa shape index (κ3) is 1.87. The van der Waals surface area contributed by atoms with Crippen LogP contribution in [0.3, 0.4) is 0 Å². The molecule has 2 fully saturated rings. The van der Waals surface area contributed by atoms with Gasteiger partial charge >= 0.3 is 0 Å². The summed E-state index contributed by atoms with van der Waals surface area (Å²) in [6, 6.07) is 0. The average Bonchev–Trinajstić information content (AvgIpc) is 2.49. The van der Waals surface area contributed by atoms with E-state index in [1.54, 1.807) is 0 Å². The summed E-state index contributed by atoms with van der Waals surface area (Å²) in [6.07, 6.45) is 4.68. The first-order chi connectivity index (χ1) is 6.29. The number of aliphatic hydroxyl groups is 2. The lowest BCUT2D eigenvalue weighted by molar-refractivity contribution is -0.0180. The van der Waals surface area contributed by atoms with Gasteiger partial charge in [-0.3, -0.25) is 0 Å². The van der Waals surface area contributed by atoms with Crippen LogP contribution in [0.15, 0.2) is 0 Å². The number of rotatable bonds is 1. The molecular formula is C10H18O3. The first-order valence-corrected chi connectivity index (χ1v) is 5.27. The minimum Gasteiger partial charge on any atom is -0.388 e. The van der Waals surface area contributed by atoms with Gasteiger partial charge in [0.15, 0.2) is 0 Å². The molecule has 3 heteroatoms. The van der Waals surface area contributed by atoms with E-state index in [9.17, 15) is 10.2 Å². The Morgan fingerprint density at radius 3 is 2.23 bits per heavy atom.